The number of aliphatic hydroxyl groups excluding tert-OH is 1. The maximum absolute atomic E-state index is 8.65. The molecule has 0 saturated carbocycles. The maximum Gasteiger partial charge on any atom is 0.400 e. The number of aliphatic imine (C=N–C) groups is 1. The molecule has 16 heavy (non-hydrogen) atoms. The van der Waals surface area contributed by atoms with Crippen LogP contribution in [0.2, 0.25) is 0 Å². The highest BCUT2D eigenvalue weighted by molar-refractivity contribution is 5.80. The Kier molecular flexibility index (Phi) is 6.16. The summed E-state index contributed by atoms with van der Waals surface area (Å²) in [6, 6.07) is 0. The number of halogens is 2. The first-order valence-electron chi connectivity index (χ1n) is 4.29. The van der Waals surface area contributed by atoms with Crippen molar-refractivity contribution in [2.45, 2.75) is 0 Å². The van der Waals surface area contributed by atoms with Crippen molar-refractivity contribution in [1.82, 2.24) is 9.97 Å². The van der Waals surface area contributed by atoms with Crippen LogP contribution in [0.25, 0.3) is 0 Å². The van der Waals surface area contributed by atoms with E-state index in [1.807, 2.05) is 10.6 Å². The number of nitrogens with two attached hydrogens (primary N) is 3. The van der Waals surface area contributed by atoms with E-state index in [0.717, 1.165) is 11.8 Å². The Labute approximate surface area is 104 Å². The fourth-order valence-corrected chi connectivity index (χ4v) is 1.25. The first-order valence-corrected chi connectivity index (χ1v) is 4.29. The number of aromatic nitrogens is 2. The highest BCUT2D eigenvalue weighted by Crippen LogP contribution is 2.25. The number of nitrogen functional groups attached to an aromatic ring is 1. The van der Waals surface area contributed by atoms with Crippen molar-refractivity contribution in [2.24, 2.45) is 4.99 Å². The van der Waals surface area contributed by atoms with Crippen LogP contribution in [0.15, 0.2) is 11.3 Å². The summed E-state index contributed by atoms with van der Waals surface area (Å²) in [4.78, 5) is 12.1. The molecule has 0 amide bonds. The third-order valence-corrected chi connectivity index (χ3v) is 1.89. The Morgan fingerprint density at radius 1 is 1.38 bits per heavy atom. The number of rotatable bonds is 2. The van der Waals surface area contributed by atoms with E-state index in [9.17, 15) is 0 Å². The standard InChI is InChI=1S/C7H10N6O.2ClH/c8-5-4-6(11-3-10-5)13-7(12-4)9-1-2-14;;/h3,14H,1-2H2,(H4,8,9,10,11,12,13);2*1H. The summed E-state index contributed by atoms with van der Waals surface area (Å²) in [6.07, 6.45) is 1.41. The number of anilines is 1. The van der Waals surface area contributed by atoms with Crippen molar-refractivity contribution < 1.29 is 40.6 Å². The molecular formula is C7H12Cl2N6O. The third-order valence-electron chi connectivity index (χ3n) is 1.89. The highest BCUT2D eigenvalue weighted by atomic mass is 35.5. The van der Waals surface area contributed by atoms with Crippen LogP contribution in [0.1, 0.15) is 0 Å². The monoisotopic (exact) mass is 266 g/mol. The van der Waals surface area contributed by atoms with Gasteiger partial charge in [-0.2, -0.15) is 10.3 Å². The molecule has 1 aromatic rings. The van der Waals surface area contributed by atoms with Gasteiger partial charge in [-0.1, -0.05) is 0 Å². The van der Waals surface area contributed by atoms with E-state index in [2.05, 4.69) is 15.0 Å². The molecule has 0 unspecified atom stereocenters. The van der Waals surface area contributed by atoms with Gasteiger partial charge in [0, 0.05) is 0 Å². The molecule has 90 valence electrons. The topological polar surface area (TPSA) is 118 Å². The van der Waals surface area contributed by atoms with E-state index in [4.69, 9.17) is 10.8 Å². The second-order valence-electron chi connectivity index (χ2n) is 2.89. The smallest absolute Gasteiger partial charge is 0.400 e. The van der Waals surface area contributed by atoms with Crippen LogP contribution < -0.4 is 41.2 Å². The molecule has 9 heteroatoms. The van der Waals surface area contributed by atoms with Crippen LogP contribution in [-0.4, -0.2) is 34.2 Å². The third kappa shape index (κ3) is 3.00. The molecule has 0 atom stereocenters. The minimum atomic E-state index is 0. The largest absolute Gasteiger partial charge is 1.00 e. The summed E-state index contributed by atoms with van der Waals surface area (Å²) in [6.45, 7) is 0.695. The van der Waals surface area contributed by atoms with Gasteiger partial charge in [0.25, 0.3) is 5.82 Å². The number of hydrogen-bond donors (Lipinski definition) is 4. The molecule has 2 heterocycles. The Bertz CT molecular complexity index is 385. The van der Waals surface area contributed by atoms with Gasteiger partial charge >= 0.3 is 5.96 Å². The van der Waals surface area contributed by atoms with Crippen LogP contribution in [0, 0.1) is 0 Å². The summed E-state index contributed by atoms with van der Waals surface area (Å²) in [7, 11) is 0. The summed E-state index contributed by atoms with van der Waals surface area (Å²) in [5.41, 5.74) is 6.24. The number of nitrogens with zero attached hydrogens (tertiary/aromatic N) is 3. The van der Waals surface area contributed by atoms with Gasteiger partial charge in [0.05, 0.1) is 6.61 Å². The van der Waals surface area contributed by atoms with Gasteiger partial charge in [-0.15, -0.1) is 4.99 Å². The van der Waals surface area contributed by atoms with E-state index in [1.165, 1.54) is 6.33 Å². The lowest BCUT2D eigenvalue weighted by molar-refractivity contribution is -0.648. The van der Waals surface area contributed by atoms with E-state index < -0.39 is 0 Å². The normalized spacial score (nSPS) is 12.2. The van der Waals surface area contributed by atoms with E-state index >= 15 is 0 Å². The fourth-order valence-electron chi connectivity index (χ4n) is 1.25. The minimum Gasteiger partial charge on any atom is -1.00 e. The molecule has 0 fully saturated rings. The van der Waals surface area contributed by atoms with Crippen molar-refractivity contribution in [3.05, 3.63) is 6.33 Å². The van der Waals surface area contributed by atoms with Crippen molar-refractivity contribution in [2.75, 3.05) is 18.9 Å². The second kappa shape index (κ2) is 6.56. The Balaban J connectivity index is 0.00000112. The average molecular weight is 267 g/mol. The van der Waals surface area contributed by atoms with Crippen LogP contribution in [0.4, 0.5) is 17.3 Å². The number of guanidine groups is 1. The van der Waals surface area contributed by atoms with Gasteiger partial charge in [0.2, 0.25) is 0 Å². The summed E-state index contributed by atoms with van der Waals surface area (Å²) < 4.78 is 0. The molecule has 0 aromatic carbocycles. The molecule has 0 saturated heterocycles. The summed E-state index contributed by atoms with van der Waals surface area (Å²) >= 11 is 0. The molecule has 1 aliphatic heterocycles. The highest BCUT2D eigenvalue weighted by Gasteiger charge is 2.26. The van der Waals surface area contributed by atoms with Gasteiger partial charge in [-0.3, -0.25) is 0 Å². The molecule has 1 aromatic heterocycles. The Morgan fingerprint density at radius 2 is 2.12 bits per heavy atom. The van der Waals surface area contributed by atoms with E-state index in [1.54, 1.807) is 0 Å². The zero-order valence-corrected chi connectivity index (χ0v) is 9.78. The summed E-state index contributed by atoms with van der Waals surface area (Å²) in [5.74, 6) is 1.90. The van der Waals surface area contributed by atoms with Crippen molar-refractivity contribution in [3.8, 4) is 0 Å². The van der Waals surface area contributed by atoms with Gasteiger partial charge < -0.3 is 35.7 Å². The Hall–Kier alpha value is -0.990. The van der Waals surface area contributed by atoms with E-state index in [0.29, 0.717) is 18.1 Å². The van der Waals surface area contributed by atoms with Gasteiger partial charge in [0.15, 0.2) is 11.5 Å². The summed E-state index contributed by atoms with van der Waals surface area (Å²) in [5, 5.41) is 12.3. The van der Waals surface area contributed by atoms with Crippen LogP contribution in [0.3, 0.4) is 0 Å². The van der Waals surface area contributed by atoms with Crippen molar-refractivity contribution in [3.63, 3.8) is 0 Å². The van der Waals surface area contributed by atoms with E-state index in [-0.39, 0.29) is 31.4 Å². The lowest BCUT2D eigenvalue weighted by Crippen LogP contribution is -3.07. The number of hydrogen-bond acceptors (Lipinski definition) is 5. The average Bonchev–Trinajstić information content (AvgIpc) is 2.59. The van der Waals surface area contributed by atoms with Gasteiger partial charge in [-0.25, -0.2) is 10.3 Å². The zero-order chi connectivity index (χ0) is 9.97. The number of aliphatic hydroxyl groups is 1. The lowest BCUT2D eigenvalue weighted by Gasteiger charge is -1.93. The van der Waals surface area contributed by atoms with Gasteiger partial charge in [-0.05, 0) is 0 Å². The van der Waals surface area contributed by atoms with Crippen LogP contribution in [0.5, 0.6) is 0 Å². The molecule has 0 bridgehead atoms. The predicted molar refractivity (Wildman–Crippen MR) is 49.0 cm³/mol. The fraction of sp³-hybridized carbons (Fsp3) is 0.286. The molecule has 0 aliphatic carbocycles. The zero-order valence-electron chi connectivity index (χ0n) is 8.27. The predicted octanol–water partition coefficient (Wildman–Crippen LogP) is -9.18. The minimum absolute atomic E-state index is 0. The van der Waals surface area contributed by atoms with Gasteiger partial charge in [0.1, 0.15) is 12.9 Å². The van der Waals surface area contributed by atoms with Crippen molar-refractivity contribution in [1.29, 1.82) is 0 Å². The Morgan fingerprint density at radius 3 is 2.75 bits per heavy atom. The quantitative estimate of drug-likeness (QED) is 0.425. The molecule has 0 spiro atoms. The molecule has 7 N–H and O–H groups in total. The van der Waals surface area contributed by atoms with Crippen LogP contribution in [-0.2, 0) is 0 Å². The SMILES string of the molecule is Nc1ncnc2c1N=C([NH2+]CCO)[NH2+]2.[Cl-].[Cl-]. The first kappa shape index (κ1) is 15.0. The molecular weight excluding hydrogens is 255 g/mol. The van der Waals surface area contributed by atoms with Crippen molar-refractivity contribution >= 4 is 23.3 Å². The number of fused-ring (bicyclic) bond motifs is 1. The molecule has 0 radical (unpaired) electrons. The maximum atomic E-state index is 8.65. The molecule has 2 rings (SSSR count). The van der Waals surface area contributed by atoms with Crippen LogP contribution >= 0.6 is 0 Å². The molecule has 7 nitrogen and oxygen atoms in total. The number of quaternary nitrogens is 2. The second-order valence-corrected chi connectivity index (χ2v) is 2.89. The molecule has 1 aliphatic rings. The lowest BCUT2D eigenvalue weighted by atomic mass is 10.4. The first-order chi connectivity index (χ1) is 6.81.